The standard InChI is InChI=1S/C13H16N2O3/c1-15-11-3-2-9(6-10(11)7-13(15)18)12(17)8-14-4-5-16/h2-3,6,14,16H,4-5,7-8H2,1H3. The first-order valence-corrected chi connectivity index (χ1v) is 5.87. The first-order valence-electron chi connectivity index (χ1n) is 5.87. The molecular weight excluding hydrogens is 232 g/mol. The van der Waals surface area contributed by atoms with Crippen molar-refractivity contribution in [2.45, 2.75) is 6.42 Å². The number of anilines is 1. The summed E-state index contributed by atoms with van der Waals surface area (Å²) in [4.78, 5) is 25.0. The molecule has 0 saturated heterocycles. The molecule has 0 saturated carbocycles. The van der Waals surface area contributed by atoms with Gasteiger partial charge >= 0.3 is 0 Å². The highest BCUT2D eigenvalue weighted by molar-refractivity contribution is 6.03. The van der Waals surface area contributed by atoms with Crippen LogP contribution in [0.25, 0.3) is 0 Å². The van der Waals surface area contributed by atoms with E-state index in [1.165, 1.54) is 0 Å². The largest absolute Gasteiger partial charge is 0.395 e. The van der Waals surface area contributed by atoms with Gasteiger partial charge in [-0.1, -0.05) is 0 Å². The van der Waals surface area contributed by atoms with Crippen molar-refractivity contribution in [1.82, 2.24) is 5.32 Å². The van der Waals surface area contributed by atoms with E-state index in [0.717, 1.165) is 11.3 Å². The van der Waals surface area contributed by atoms with Crippen molar-refractivity contribution in [2.24, 2.45) is 0 Å². The third-order valence-corrected chi connectivity index (χ3v) is 3.05. The van der Waals surface area contributed by atoms with Crippen LogP contribution in [0.5, 0.6) is 0 Å². The molecule has 2 rings (SSSR count). The van der Waals surface area contributed by atoms with Crippen molar-refractivity contribution in [3.8, 4) is 0 Å². The lowest BCUT2D eigenvalue weighted by molar-refractivity contribution is -0.117. The van der Waals surface area contributed by atoms with E-state index in [9.17, 15) is 9.59 Å². The highest BCUT2D eigenvalue weighted by Gasteiger charge is 2.24. The molecule has 1 amide bonds. The number of rotatable bonds is 5. The second-order valence-corrected chi connectivity index (χ2v) is 4.30. The Hall–Kier alpha value is -1.72. The van der Waals surface area contributed by atoms with E-state index in [4.69, 9.17) is 5.11 Å². The number of nitrogens with zero attached hydrogens (tertiary/aromatic N) is 1. The van der Waals surface area contributed by atoms with Crippen LogP contribution in [0.3, 0.4) is 0 Å². The maximum absolute atomic E-state index is 11.8. The summed E-state index contributed by atoms with van der Waals surface area (Å²) in [5.41, 5.74) is 2.37. The van der Waals surface area contributed by atoms with Gasteiger partial charge in [-0.2, -0.15) is 0 Å². The summed E-state index contributed by atoms with van der Waals surface area (Å²) >= 11 is 0. The van der Waals surface area contributed by atoms with Crippen LogP contribution in [-0.4, -0.2) is 43.5 Å². The topological polar surface area (TPSA) is 69.6 Å². The molecule has 2 N–H and O–H groups in total. The molecule has 0 aromatic heterocycles. The molecule has 0 spiro atoms. The number of aliphatic hydroxyl groups is 1. The lowest BCUT2D eigenvalue weighted by Gasteiger charge is -2.10. The van der Waals surface area contributed by atoms with Gasteiger partial charge in [-0.05, 0) is 23.8 Å². The van der Waals surface area contributed by atoms with Crippen molar-refractivity contribution < 1.29 is 14.7 Å². The van der Waals surface area contributed by atoms with Gasteiger partial charge in [0.25, 0.3) is 0 Å². The summed E-state index contributed by atoms with van der Waals surface area (Å²) in [6.45, 7) is 0.609. The predicted octanol–water partition coefficient (Wildman–Crippen LogP) is -0.0299. The van der Waals surface area contributed by atoms with E-state index in [0.29, 0.717) is 18.5 Å². The van der Waals surface area contributed by atoms with Crippen LogP contribution >= 0.6 is 0 Å². The fraction of sp³-hybridized carbons (Fsp3) is 0.385. The number of benzene rings is 1. The van der Waals surface area contributed by atoms with Crippen molar-refractivity contribution in [1.29, 1.82) is 0 Å². The first-order chi connectivity index (χ1) is 8.63. The summed E-state index contributed by atoms with van der Waals surface area (Å²) in [5.74, 6) is 0.0151. The van der Waals surface area contributed by atoms with Crippen LogP contribution in [0.15, 0.2) is 18.2 Å². The Kier molecular flexibility index (Phi) is 3.74. The van der Waals surface area contributed by atoms with E-state index in [2.05, 4.69) is 5.32 Å². The van der Waals surface area contributed by atoms with Crippen LogP contribution < -0.4 is 10.2 Å². The fourth-order valence-electron chi connectivity index (χ4n) is 2.03. The molecule has 5 heteroatoms. The SMILES string of the molecule is CN1C(=O)Cc2cc(C(=O)CNCCO)ccc21. The van der Waals surface area contributed by atoms with Gasteiger partial charge in [0.1, 0.15) is 0 Å². The van der Waals surface area contributed by atoms with Gasteiger partial charge in [0.05, 0.1) is 19.6 Å². The van der Waals surface area contributed by atoms with Crippen LogP contribution in [0, 0.1) is 0 Å². The lowest BCUT2D eigenvalue weighted by Crippen LogP contribution is -2.25. The average molecular weight is 248 g/mol. The van der Waals surface area contributed by atoms with E-state index < -0.39 is 0 Å². The Balaban J connectivity index is 2.11. The Morgan fingerprint density at radius 1 is 1.50 bits per heavy atom. The number of Topliss-reactive ketones (excluding diaryl/α,β-unsaturated/α-hetero) is 1. The first kappa shape index (κ1) is 12.7. The van der Waals surface area contributed by atoms with E-state index in [1.54, 1.807) is 30.1 Å². The zero-order valence-corrected chi connectivity index (χ0v) is 10.3. The highest BCUT2D eigenvalue weighted by Crippen LogP contribution is 2.28. The van der Waals surface area contributed by atoms with Crippen LogP contribution in [0.1, 0.15) is 15.9 Å². The van der Waals surface area contributed by atoms with Gasteiger partial charge in [0.15, 0.2) is 5.78 Å². The molecule has 96 valence electrons. The third kappa shape index (κ3) is 2.42. The van der Waals surface area contributed by atoms with Gasteiger partial charge in [-0.3, -0.25) is 9.59 Å². The number of hydrogen-bond donors (Lipinski definition) is 2. The molecule has 0 aliphatic carbocycles. The monoisotopic (exact) mass is 248 g/mol. The molecule has 1 aliphatic rings. The molecule has 0 unspecified atom stereocenters. The Bertz CT molecular complexity index is 485. The number of fused-ring (bicyclic) bond motifs is 1. The second kappa shape index (κ2) is 5.29. The molecule has 1 aromatic carbocycles. The average Bonchev–Trinajstić information content (AvgIpc) is 2.65. The zero-order chi connectivity index (χ0) is 13.1. The number of nitrogens with one attached hydrogen (secondary N) is 1. The summed E-state index contributed by atoms with van der Waals surface area (Å²) in [6, 6.07) is 5.32. The Morgan fingerprint density at radius 2 is 2.28 bits per heavy atom. The fourth-order valence-corrected chi connectivity index (χ4v) is 2.03. The van der Waals surface area contributed by atoms with E-state index in [1.807, 2.05) is 0 Å². The molecular formula is C13H16N2O3. The second-order valence-electron chi connectivity index (χ2n) is 4.30. The Labute approximate surface area is 105 Å². The summed E-state index contributed by atoms with van der Waals surface area (Å²) in [5, 5.41) is 11.5. The number of aliphatic hydroxyl groups excluding tert-OH is 1. The van der Waals surface area contributed by atoms with Gasteiger partial charge in [0.2, 0.25) is 5.91 Å². The molecule has 18 heavy (non-hydrogen) atoms. The van der Waals surface area contributed by atoms with Crippen LogP contribution in [-0.2, 0) is 11.2 Å². The van der Waals surface area contributed by atoms with Crippen LogP contribution in [0.4, 0.5) is 5.69 Å². The predicted molar refractivity (Wildman–Crippen MR) is 67.8 cm³/mol. The lowest BCUT2D eigenvalue weighted by atomic mass is 10.1. The number of hydrogen-bond acceptors (Lipinski definition) is 4. The molecule has 5 nitrogen and oxygen atoms in total. The van der Waals surface area contributed by atoms with E-state index in [-0.39, 0.29) is 24.8 Å². The third-order valence-electron chi connectivity index (χ3n) is 3.05. The van der Waals surface area contributed by atoms with Crippen LogP contribution in [0.2, 0.25) is 0 Å². The zero-order valence-electron chi connectivity index (χ0n) is 10.3. The molecule has 0 fully saturated rings. The van der Waals surface area contributed by atoms with E-state index >= 15 is 0 Å². The van der Waals surface area contributed by atoms with Gasteiger partial charge in [-0.25, -0.2) is 0 Å². The minimum atomic E-state index is -0.0340. The Morgan fingerprint density at radius 3 is 3.00 bits per heavy atom. The van der Waals surface area contributed by atoms with Crippen molar-refractivity contribution in [3.05, 3.63) is 29.3 Å². The highest BCUT2D eigenvalue weighted by atomic mass is 16.3. The maximum Gasteiger partial charge on any atom is 0.231 e. The number of ketones is 1. The number of carbonyl (C=O) groups excluding carboxylic acids is 2. The molecule has 0 atom stereocenters. The van der Waals surface area contributed by atoms with Crippen molar-refractivity contribution >= 4 is 17.4 Å². The summed E-state index contributed by atoms with van der Waals surface area (Å²) in [6.07, 6.45) is 0.358. The van der Waals surface area contributed by atoms with Gasteiger partial charge < -0.3 is 15.3 Å². The number of likely N-dealkylation sites (N-methyl/N-ethyl adjacent to an activating group) is 1. The quantitative estimate of drug-likeness (QED) is 0.567. The maximum atomic E-state index is 11.8. The van der Waals surface area contributed by atoms with Gasteiger partial charge in [-0.15, -0.1) is 0 Å². The number of amides is 1. The molecule has 1 heterocycles. The smallest absolute Gasteiger partial charge is 0.231 e. The molecule has 0 bridgehead atoms. The summed E-state index contributed by atoms with van der Waals surface area (Å²) < 4.78 is 0. The van der Waals surface area contributed by atoms with Gasteiger partial charge in [0, 0.05) is 24.8 Å². The normalized spacial score (nSPS) is 13.9. The van der Waals surface area contributed by atoms with Crippen molar-refractivity contribution in [2.75, 3.05) is 31.6 Å². The molecule has 1 aliphatic heterocycles. The number of carbonyl (C=O) groups is 2. The summed E-state index contributed by atoms with van der Waals surface area (Å²) in [7, 11) is 1.73. The minimum Gasteiger partial charge on any atom is -0.395 e. The van der Waals surface area contributed by atoms with Crippen molar-refractivity contribution in [3.63, 3.8) is 0 Å². The minimum absolute atomic E-state index is 0.0107. The molecule has 1 aromatic rings. The molecule has 0 radical (unpaired) electrons.